The molecule has 1 N–H and O–H groups in total. The molecule has 0 saturated carbocycles. The van der Waals surface area contributed by atoms with Gasteiger partial charge in [-0.15, -0.1) is 0 Å². The molecular formula is C15H21N3O. The summed E-state index contributed by atoms with van der Waals surface area (Å²) in [5.74, 6) is 2.27. The van der Waals surface area contributed by atoms with E-state index in [0.717, 1.165) is 29.6 Å². The molecule has 0 amide bonds. The van der Waals surface area contributed by atoms with Crippen LogP contribution in [-0.4, -0.2) is 23.2 Å². The fourth-order valence-corrected chi connectivity index (χ4v) is 1.93. The minimum Gasteiger partial charge on any atom is -0.495 e. The number of aryl methyl sites for hydroxylation is 1. The summed E-state index contributed by atoms with van der Waals surface area (Å²) in [6.45, 7) is 7.24. The van der Waals surface area contributed by atoms with Crippen molar-refractivity contribution < 1.29 is 4.74 Å². The van der Waals surface area contributed by atoms with Gasteiger partial charge < -0.3 is 10.1 Å². The van der Waals surface area contributed by atoms with E-state index < -0.39 is 0 Å². The molecule has 2 rings (SSSR count). The van der Waals surface area contributed by atoms with Gasteiger partial charge >= 0.3 is 0 Å². The van der Waals surface area contributed by atoms with E-state index in [1.807, 2.05) is 42.0 Å². The second-order valence-electron chi connectivity index (χ2n) is 5.02. The van der Waals surface area contributed by atoms with Crippen LogP contribution in [0.3, 0.4) is 0 Å². The van der Waals surface area contributed by atoms with Crippen LogP contribution in [0.4, 0.5) is 5.95 Å². The van der Waals surface area contributed by atoms with Crippen LogP contribution >= 0.6 is 0 Å². The number of nitrogens with one attached hydrogen (secondary N) is 1. The molecule has 0 aliphatic heterocycles. The van der Waals surface area contributed by atoms with Crippen molar-refractivity contribution in [3.8, 4) is 11.4 Å². The predicted molar refractivity (Wildman–Crippen MR) is 78.2 cm³/mol. The van der Waals surface area contributed by atoms with Crippen LogP contribution in [0, 0.1) is 12.8 Å². The van der Waals surface area contributed by atoms with Gasteiger partial charge in [0.2, 0.25) is 5.95 Å². The maximum atomic E-state index is 5.41. The number of methoxy groups -OCH3 is 1. The summed E-state index contributed by atoms with van der Waals surface area (Å²) in [6.07, 6.45) is 2.01. The molecule has 1 aromatic heterocycles. The highest BCUT2D eigenvalue weighted by molar-refractivity contribution is 5.52. The van der Waals surface area contributed by atoms with Crippen LogP contribution in [-0.2, 0) is 0 Å². The Morgan fingerprint density at radius 3 is 2.74 bits per heavy atom. The van der Waals surface area contributed by atoms with Crippen LogP contribution in [0.15, 0.2) is 30.5 Å². The van der Waals surface area contributed by atoms with Crippen molar-refractivity contribution in [2.24, 2.45) is 5.92 Å². The number of hydrogen-bond acceptors (Lipinski definition) is 3. The Labute approximate surface area is 114 Å². The van der Waals surface area contributed by atoms with Gasteiger partial charge in [0.1, 0.15) is 5.75 Å². The fourth-order valence-electron chi connectivity index (χ4n) is 1.93. The summed E-state index contributed by atoms with van der Waals surface area (Å²) in [5, 5.41) is 3.38. The molecular weight excluding hydrogens is 238 g/mol. The highest BCUT2D eigenvalue weighted by Crippen LogP contribution is 2.25. The van der Waals surface area contributed by atoms with E-state index in [2.05, 4.69) is 24.1 Å². The number of benzene rings is 1. The molecule has 0 unspecified atom stereocenters. The van der Waals surface area contributed by atoms with Crippen LogP contribution in [0.25, 0.3) is 5.69 Å². The lowest BCUT2D eigenvalue weighted by Crippen LogP contribution is -2.12. The topological polar surface area (TPSA) is 39.1 Å². The second kappa shape index (κ2) is 5.78. The Morgan fingerprint density at radius 2 is 2.05 bits per heavy atom. The minimum atomic E-state index is 0.572. The summed E-state index contributed by atoms with van der Waals surface area (Å²) in [6, 6.07) is 7.95. The molecule has 1 aromatic carbocycles. The van der Waals surface area contributed by atoms with E-state index in [4.69, 9.17) is 4.74 Å². The number of anilines is 1. The SMILES string of the molecule is COc1ccccc1-n1cc(C)nc1NCC(C)C. The molecule has 0 bridgehead atoms. The lowest BCUT2D eigenvalue weighted by atomic mass is 10.2. The third kappa shape index (κ3) is 3.08. The molecule has 4 nitrogen and oxygen atoms in total. The van der Waals surface area contributed by atoms with Gasteiger partial charge in [0.15, 0.2) is 0 Å². The largest absolute Gasteiger partial charge is 0.495 e. The van der Waals surface area contributed by atoms with Crippen molar-refractivity contribution in [2.75, 3.05) is 19.0 Å². The molecule has 2 aromatic rings. The minimum absolute atomic E-state index is 0.572. The first kappa shape index (κ1) is 13.5. The third-order valence-corrected chi connectivity index (χ3v) is 2.84. The van der Waals surface area contributed by atoms with E-state index in [0.29, 0.717) is 5.92 Å². The van der Waals surface area contributed by atoms with E-state index in [1.165, 1.54) is 0 Å². The van der Waals surface area contributed by atoms with Crippen molar-refractivity contribution in [1.82, 2.24) is 9.55 Å². The van der Waals surface area contributed by atoms with E-state index in [1.54, 1.807) is 7.11 Å². The molecule has 0 spiro atoms. The zero-order chi connectivity index (χ0) is 13.8. The van der Waals surface area contributed by atoms with Crippen LogP contribution in [0.2, 0.25) is 0 Å². The standard InChI is InChI=1S/C15H21N3O/c1-11(2)9-16-15-17-12(3)10-18(15)13-7-5-6-8-14(13)19-4/h5-8,10-11H,9H2,1-4H3,(H,16,17). The Hall–Kier alpha value is -1.97. The number of rotatable bonds is 5. The van der Waals surface area contributed by atoms with Crippen molar-refractivity contribution in [1.29, 1.82) is 0 Å². The van der Waals surface area contributed by atoms with Crippen molar-refractivity contribution >= 4 is 5.95 Å². The maximum absolute atomic E-state index is 5.41. The zero-order valence-electron chi connectivity index (χ0n) is 12.0. The second-order valence-corrected chi connectivity index (χ2v) is 5.02. The Morgan fingerprint density at radius 1 is 1.32 bits per heavy atom. The number of hydrogen-bond donors (Lipinski definition) is 1. The Kier molecular flexibility index (Phi) is 4.10. The lowest BCUT2D eigenvalue weighted by molar-refractivity contribution is 0.413. The Bertz CT molecular complexity index is 546. The van der Waals surface area contributed by atoms with Crippen LogP contribution in [0.5, 0.6) is 5.75 Å². The summed E-state index contributed by atoms with van der Waals surface area (Å²) >= 11 is 0. The molecule has 0 fully saturated rings. The van der Waals surface area contributed by atoms with Gasteiger partial charge in [-0.3, -0.25) is 4.57 Å². The summed E-state index contributed by atoms with van der Waals surface area (Å²) in [4.78, 5) is 4.53. The number of para-hydroxylation sites is 2. The van der Waals surface area contributed by atoms with Gasteiger partial charge in [0.05, 0.1) is 18.5 Å². The van der Waals surface area contributed by atoms with E-state index in [9.17, 15) is 0 Å². The first-order valence-electron chi connectivity index (χ1n) is 6.55. The first-order chi connectivity index (χ1) is 9.11. The van der Waals surface area contributed by atoms with Crippen molar-refractivity contribution in [3.05, 3.63) is 36.2 Å². The molecule has 19 heavy (non-hydrogen) atoms. The quantitative estimate of drug-likeness (QED) is 0.895. The normalized spacial score (nSPS) is 10.8. The number of imidazole rings is 1. The molecule has 0 aliphatic carbocycles. The Balaban J connectivity index is 2.38. The molecule has 0 saturated heterocycles. The van der Waals surface area contributed by atoms with E-state index in [-0.39, 0.29) is 0 Å². The van der Waals surface area contributed by atoms with Gasteiger partial charge in [0.25, 0.3) is 0 Å². The van der Waals surface area contributed by atoms with Gasteiger partial charge in [-0.25, -0.2) is 4.98 Å². The summed E-state index contributed by atoms with van der Waals surface area (Å²) < 4.78 is 7.45. The third-order valence-electron chi connectivity index (χ3n) is 2.84. The lowest BCUT2D eigenvalue weighted by Gasteiger charge is -2.13. The predicted octanol–water partition coefficient (Wildman–Crippen LogP) is 3.26. The fraction of sp³-hybridized carbons (Fsp3) is 0.400. The number of aromatic nitrogens is 2. The van der Waals surface area contributed by atoms with E-state index >= 15 is 0 Å². The molecule has 102 valence electrons. The highest BCUT2D eigenvalue weighted by Gasteiger charge is 2.11. The van der Waals surface area contributed by atoms with Gasteiger partial charge in [-0.2, -0.15) is 0 Å². The van der Waals surface area contributed by atoms with Gasteiger partial charge in [-0.05, 0) is 25.0 Å². The monoisotopic (exact) mass is 259 g/mol. The van der Waals surface area contributed by atoms with Gasteiger partial charge in [-0.1, -0.05) is 26.0 Å². The average Bonchev–Trinajstić information content (AvgIpc) is 2.77. The van der Waals surface area contributed by atoms with Crippen LogP contribution in [0.1, 0.15) is 19.5 Å². The van der Waals surface area contributed by atoms with Gasteiger partial charge in [0, 0.05) is 12.7 Å². The molecule has 0 aliphatic rings. The molecule has 4 heteroatoms. The summed E-state index contributed by atoms with van der Waals surface area (Å²) in [5.41, 5.74) is 1.98. The average molecular weight is 259 g/mol. The maximum Gasteiger partial charge on any atom is 0.207 e. The first-order valence-corrected chi connectivity index (χ1v) is 6.55. The molecule has 1 heterocycles. The van der Waals surface area contributed by atoms with Crippen molar-refractivity contribution in [2.45, 2.75) is 20.8 Å². The smallest absolute Gasteiger partial charge is 0.207 e. The number of nitrogens with zero attached hydrogens (tertiary/aromatic N) is 2. The zero-order valence-corrected chi connectivity index (χ0v) is 12.0. The highest BCUT2D eigenvalue weighted by atomic mass is 16.5. The van der Waals surface area contributed by atoms with Crippen molar-refractivity contribution in [3.63, 3.8) is 0 Å². The number of ether oxygens (including phenoxy) is 1. The molecule has 0 radical (unpaired) electrons. The van der Waals surface area contributed by atoms with Crippen LogP contribution < -0.4 is 10.1 Å². The molecule has 0 atom stereocenters. The summed E-state index contributed by atoms with van der Waals surface area (Å²) in [7, 11) is 1.68.